The fourth-order valence-electron chi connectivity index (χ4n) is 4.01. The number of carbonyl (C=O) groups is 2. The number of hydrogen-bond acceptors (Lipinski definition) is 5. The third-order valence-electron chi connectivity index (χ3n) is 5.78. The van der Waals surface area contributed by atoms with E-state index in [0.717, 1.165) is 31.2 Å². The minimum atomic E-state index is -0.560. The summed E-state index contributed by atoms with van der Waals surface area (Å²) >= 11 is 0. The van der Waals surface area contributed by atoms with Gasteiger partial charge in [0.15, 0.2) is 11.5 Å². The second-order valence-corrected chi connectivity index (χ2v) is 8.25. The van der Waals surface area contributed by atoms with Gasteiger partial charge in [-0.05, 0) is 30.9 Å². The lowest BCUT2D eigenvalue weighted by Gasteiger charge is -2.30. The van der Waals surface area contributed by atoms with Gasteiger partial charge >= 0.3 is 0 Å². The van der Waals surface area contributed by atoms with Crippen molar-refractivity contribution in [3.63, 3.8) is 0 Å². The SMILES string of the molecule is COc1ccc(CN(C)C(=O)C(NC(=O)C2CCCCC2)C(C)C)c(OC)c1OC. The van der Waals surface area contributed by atoms with Gasteiger partial charge in [-0.25, -0.2) is 0 Å². The molecule has 1 aliphatic rings. The van der Waals surface area contributed by atoms with E-state index in [1.165, 1.54) is 6.42 Å². The zero-order chi connectivity index (χ0) is 22.3. The highest BCUT2D eigenvalue weighted by Gasteiger charge is 2.31. The molecule has 30 heavy (non-hydrogen) atoms. The van der Waals surface area contributed by atoms with Crippen molar-refractivity contribution >= 4 is 11.8 Å². The lowest BCUT2D eigenvalue weighted by molar-refractivity contribution is -0.138. The third kappa shape index (κ3) is 5.58. The number of methoxy groups -OCH3 is 3. The van der Waals surface area contributed by atoms with Crippen LogP contribution in [0.5, 0.6) is 17.2 Å². The van der Waals surface area contributed by atoms with Gasteiger partial charge in [-0.3, -0.25) is 9.59 Å². The van der Waals surface area contributed by atoms with Crippen molar-refractivity contribution in [3.05, 3.63) is 17.7 Å². The fourth-order valence-corrected chi connectivity index (χ4v) is 4.01. The average Bonchev–Trinajstić information content (AvgIpc) is 2.76. The smallest absolute Gasteiger partial charge is 0.245 e. The molecule has 7 nitrogen and oxygen atoms in total. The summed E-state index contributed by atoms with van der Waals surface area (Å²) in [6.07, 6.45) is 5.16. The molecular formula is C23H36N2O5. The zero-order valence-corrected chi connectivity index (χ0v) is 19.1. The molecule has 0 heterocycles. The lowest BCUT2D eigenvalue weighted by Crippen LogP contribution is -2.51. The Morgan fingerprint density at radius 1 is 1.03 bits per heavy atom. The summed E-state index contributed by atoms with van der Waals surface area (Å²) in [6, 6.07) is 3.09. The molecule has 0 radical (unpaired) electrons. The maximum Gasteiger partial charge on any atom is 0.245 e. The number of nitrogens with one attached hydrogen (secondary N) is 1. The van der Waals surface area contributed by atoms with Crippen LogP contribution in [0.25, 0.3) is 0 Å². The molecule has 0 saturated heterocycles. The van der Waals surface area contributed by atoms with Gasteiger partial charge in [-0.1, -0.05) is 33.1 Å². The Hall–Kier alpha value is -2.44. The summed E-state index contributed by atoms with van der Waals surface area (Å²) in [4.78, 5) is 27.5. The van der Waals surface area contributed by atoms with Gasteiger partial charge < -0.3 is 24.4 Å². The van der Waals surface area contributed by atoms with Crippen molar-refractivity contribution < 1.29 is 23.8 Å². The summed E-state index contributed by atoms with van der Waals surface area (Å²) in [7, 11) is 6.41. The molecule has 1 atom stereocenters. The number of carbonyl (C=O) groups excluding carboxylic acids is 2. The molecule has 1 unspecified atom stereocenters. The molecule has 1 saturated carbocycles. The topological polar surface area (TPSA) is 77.1 Å². The van der Waals surface area contributed by atoms with Gasteiger partial charge in [0.1, 0.15) is 6.04 Å². The second-order valence-electron chi connectivity index (χ2n) is 8.25. The van der Waals surface area contributed by atoms with Crippen LogP contribution in [0.4, 0.5) is 0 Å². The van der Waals surface area contributed by atoms with Crippen molar-refractivity contribution in [1.29, 1.82) is 0 Å². The van der Waals surface area contributed by atoms with Crippen molar-refractivity contribution in [2.24, 2.45) is 11.8 Å². The van der Waals surface area contributed by atoms with Crippen molar-refractivity contribution in [1.82, 2.24) is 10.2 Å². The molecule has 0 aromatic heterocycles. The number of ether oxygens (including phenoxy) is 3. The van der Waals surface area contributed by atoms with Crippen LogP contribution >= 0.6 is 0 Å². The van der Waals surface area contributed by atoms with Gasteiger partial charge in [0.25, 0.3) is 0 Å². The Balaban J connectivity index is 2.15. The zero-order valence-electron chi connectivity index (χ0n) is 19.1. The van der Waals surface area contributed by atoms with E-state index in [1.54, 1.807) is 39.3 Å². The number of nitrogens with zero attached hydrogens (tertiary/aromatic N) is 1. The Morgan fingerprint density at radius 2 is 1.67 bits per heavy atom. The Bertz CT molecular complexity index is 729. The molecule has 2 rings (SSSR count). The minimum Gasteiger partial charge on any atom is -0.493 e. The number of benzene rings is 1. The van der Waals surface area contributed by atoms with E-state index in [-0.39, 0.29) is 23.7 Å². The molecule has 7 heteroatoms. The van der Waals surface area contributed by atoms with Crippen LogP contribution in [0.3, 0.4) is 0 Å². The molecule has 1 aromatic rings. The number of rotatable bonds is 9. The molecule has 0 bridgehead atoms. The molecule has 1 fully saturated rings. The van der Waals surface area contributed by atoms with E-state index in [1.807, 2.05) is 19.9 Å². The maximum absolute atomic E-state index is 13.2. The van der Waals surface area contributed by atoms with E-state index < -0.39 is 6.04 Å². The average molecular weight is 421 g/mol. The quantitative estimate of drug-likeness (QED) is 0.663. The van der Waals surface area contributed by atoms with Crippen LogP contribution in [-0.4, -0.2) is 51.1 Å². The normalized spacial score (nSPS) is 15.4. The van der Waals surface area contributed by atoms with E-state index in [0.29, 0.717) is 23.8 Å². The first-order valence-electron chi connectivity index (χ1n) is 10.7. The Kier molecular flexibility index (Phi) is 8.81. The number of amides is 2. The third-order valence-corrected chi connectivity index (χ3v) is 5.78. The van der Waals surface area contributed by atoms with Crippen LogP contribution in [-0.2, 0) is 16.1 Å². The molecule has 1 aliphatic carbocycles. The molecule has 0 spiro atoms. The first kappa shape index (κ1) is 23.8. The summed E-state index contributed by atoms with van der Waals surface area (Å²) in [5.74, 6) is 1.47. The monoisotopic (exact) mass is 420 g/mol. The lowest BCUT2D eigenvalue weighted by atomic mass is 9.88. The minimum absolute atomic E-state index is 0.00107. The highest BCUT2D eigenvalue weighted by Crippen LogP contribution is 2.40. The van der Waals surface area contributed by atoms with Crippen LogP contribution < -0.4 is 19.5 Å². The first-order valence-corrected chi connectivity index (χ1v) is 10.7. The molecular weight excluding hydrogens is 384 g/mol. The van der Waals surface area contributed by atoms with Gasteiger partial charge in [0.2, 0.25) is 17.6 Å². The second kappa shape index (κ2) is 11.1. The van der Waals surface area contributed by atoms with E-state index >= 15 is 0 Å². The predicted octanol–water partition coefficient (Wildman–Crippen LogP) is 3.39. The first-order chi connectivity index (χ1) is 14.3. The summed E-state index contributed by atoms with van der Waals surface area (Å²) in [5.41, 5.74) is 0.798. The van der Waals surface area contributed by atoms with Gasteiger partial charge in [-0.2, -0.15) is 0 Å². The van der Waals surface area contributed by atoms with E-state index in [2.05, 4.69) is 5.32 Å². The molecule has 168 valence electrons. The van der Waals surface area contributed by atoms with Crippen LogP contribution in [0.1, 0.15) is 51.5 Å². The molecule has 1 N–H and O–H groups in total. The summed E-state index contributed by atoms with van der Waals surface area (Å²) in [6.45, 7) is 4.23. The van der Waals surface area contributed by atoms with Crippen molar-refractivity contribution in [2.75, 3.05) is 28.4 Å². The summed E-state index contributed by atoms with van der Waals surface area (Å²) < 4.78 is 16.3. The molecule has 2 amide bonds. The largest absolute Gasteiger partial charge is 0.493 e. The Labute approximate surface area is 180 Å². The standard InChI is InChI=1S/C23H36N2O5/c1-15(2)19(24-22(26)16-10-8-7-9-11-16)23(27)25(3)14-17-12-13-18(28-4)21(30-6)20(17)29-5/h12-13,15-16,19H,7-11,14H2,1-6H3,(H,24,26). The Morgan fingerprint density at radius 3 is 2.20 bits per heavy atom. The van der Waals surface area contributed by atoms with E-state index in [9.17, 15) is 9.59 Å². The predicted molar refractivity (Wildman–Crippen MR) is 116 cm³/mol. The van der Waals surface area contributed by atoms with Crippen molar-refractivity contribution in [2.45, 2.75) is 58.5 Å². The van der Waals surface area contributed by atoms with Crippen LogP contribution in [0, 0.1) is 11.8 Å². The van der Waals surface area contributed by atoms with Gasteiger partial charge in [0, 0.05) is 25.1 Å². The van der Waals surface area contributed by atoms with Crippen molar-refractivity contribution in [3.8, 4) is 17.2 Å². The summed E-state index contributed by atoms with van der Waals surface area (Å²) in [5, 5.41) is 3.02. The van der Waals surface area contributed by atoms with Gasteiger partial charge in [-0.15, -0.1) is 0 Å². The number of likely N-dealkylation sites (N-methyl/N-ethyl adjacent to an activating group) is 1. The highest BCUT2D eigenvalue weighted by molar-refractivity contribution is 5.88. The molecule has 1 aromatic carbocycles. The van der Waals surface area contributed by atoms with Gasteiger partial charge in [0.05, 0.1) is 21.3 Å². The van der Waals surface area contributed by atoms with Crippen LogP contribution in [0.2, 0.25) is 0 Å². The maximum atomic E-state index is 13.2. The van der Waals surface area contributed by atoms with E-state index in [4.69, 9.17) is 14.2 Å². The highest BCUT2D eigenvalue weighted by atomic mass is 16.5. The number of hydrogen-bond donors (Lipinski definition) is 1. The van der Waals surface area contributed by atoms with Crippen LogP contribution in [0.15, 0.2) is 12.1 Å². The molecule has 0 aliphatic heterocycles. The fraction of sp³-hybridized carbons (Fsp3) is 0.652.